The van der Waals surface area contributed by atoms with Crippen LogP contribution in [0.2, 0.25) is 0 Å². The fraction of sp³-hybridized carbons (Fsp3) is 0.692. The Morgan fingerprint density at radius 2 is 2.50 bits per heavy atom. The number of amides is 1. The van der Waals surface area contributed by atoms with Gasteiger partial charge in [0.1, 0.15) is 5.82 Å². The van der Waals surface area contributed by atoms with Crippen LogP contribution in [0.25, 0.3) is 0 Å². The maximum Gasteiger partial charge on any atom is 0.234 e. The molecule has 1 saturated heterocycles. The van der Waals surface area contributed by atoms with Gasteiger partial charge in [-0.1, -0.05) is 6.92 Å². The number of nitrogens with two attached hydrogens (primary N) is 1. The van der Waals surface area contributed by atoms with Crippen molar-refractivity contribution in [2.45, 2.75) is 45.2 Å². The minimum atomic E-state index is -0.239. The Morgan fingerprint density at radius 1 is 1.67 bits per heavy atom. The molecule has 0 aromatic carbocycles. The summed E-state index contributed by atoms with van der Waals surface area (Å²) in [6.45, 7) is 4.05. The molecule has 1 amide bonds. The number of hydrogen-bond donors (Lipinski definition) is 2. The highest BCUT2D eigenvalue weighted by Gasteiger charge is 2.26. The molecule has 2 rings (SSSR count). The summed E-state index contributed by atoms with van der Waals surface area (Å²) in [5, 5.41) is 3.17. The number of imidazole rings is 1. The third kappa shape index (κ3) is 3.10. The molecule has 18 heavy (non-hydrogen) atoms. The Morgan fingerprint density at radius 3 is 3.22 bits per heavy atom. The van der Waals surface area contributed by atoms with E-state index in [9.17, 15) is 4.79 Å². The van der Waals surface area contributed by atoms with Gasteiger partial charge in [-0.3, -0.25) is 4.79 Å². The van der Waals surface area contributed by atoms with Crippen molar-refractivity contribution >= 4 is 5.91 Å². The lowest BCUT2D eigenvalue weighted by Crippen LogP contribution is -2.47. The van der Waals surface area contributed by atoms with Crippen LogP contribution in [0.5, 0.6) is 0 Å². The SMILES string of the molecule is CCCn1ccnc1CC1CCNC(C(N)=O)C1. The zero-order valence-electron chi connectivity index (χ0n) is 10.9. The fourth-order valence-corrected chi connectivity index (χ4v) is 2.63. The van der Waals surface area contributed by atoms with Gasteiger partial charge in [0, 0.05) is 25.4 Å². The van der Waals surface area contributed by atoms with Crippen LogP contribution in [0, 0.1) is 5.92 Å². The summed E-state index contributed by atoms with van der Waals surface area (Å²) in [6, 6.07) is -0.168. The molecule has 0 spiro atoms. The van der Waals surface area contributed by atoms with E-state index < -0.39 is 0 Å². The third-order valence-electron chi connectivity index (χ3n) is 3.59. The van der Waals surface area contributed by atoms with Gasteiger partial charge in [-0.25, -0.2) is 4.98 Å². The summed E-state index contributed by atoms with van der Waals surface area (Å²) in [6.07, 6.45) is 7.86. The van der Waals surface area contributed by atoms with Crippen LogP contribution in [0.3, 0.4) is 0 Å². The summed E-state index contributed by atoms with van der Waals surface area (Å²) < 4.78 is 2.21. The van der Waals surface area contributed by atoms with Crippen LogP contribution in [0.4, 0.5) is 0 Å². The number of nitrogens with one attached hydrogen (secondary N) is 1. The lowest BCUT2D eigenvalue weighted by molar-refractivity contribution is -0.120. The van der Waals surface area contributed by atoms with Crippen LogP contribution >= 0.6 is 0 Å². The van der Waals surface area contributed by atoms with E-state index >= 15 is 0 Å². The molecule has 1 aromatic heterocycles. The quantitative estimate of drug-likeness (QED) is 0.807. The molecule has 2 unspecified atom stereocenters. The highest BCUT2D eigenvalue weighted by molar-refractivity contribution is 5.79. The van der Waals surface area contributed by atoms with Crippen LogP contribution in [-0.2, 0) is 17.8 Å². The number of carbonyl (C=O) groups is 1. The number of hydrogen-bond acceptors (Lipinski definition) is 3. The second-order valence-electron chi connectivity index (χ2n) is 5.04. The van der Waals surface area contributed by atoms with E-state index in [0.29, 0.717) is 5.92 Å². The molecule has 100 valence electrons. The molecule has 1 aliphatic heterocycles. The first-order chi connectivity index (χ1) is 8.70. The van der Waals surface area contributed by atoms with Gasteiger partial charge < -0.3 is 15.6 Å². The van der Waals surface area contributed by atoms with Crippen molar-refractivity contribution in [3.8, 4) is 0 Å². The minimum Gasteiger partial charge on any atom is -0.368 e. The summed E-state index contributed by atoms with van der Waals surface area (Å²) in [5.41, 5.74) is 5.36. The molecule has 1 aliphatic rings. The fourth-order valence-electron chi connectivity index (χ4n) is 2.63. The largest absolute Gasteiger partial charge is 0.368 e. The molecule has 2 heterocycles. The van der Waals surface area contributed by atoms with E-state index in [1.165, 1.54) is 0 Å². The summed E-state index contributed by atoms with van der Waals surface area (Å²) in [5.74, 6) is 1.39. The number of carbonyl (C=O) groups excluding carboxylic acids is 1. The first-order valence-corrected chi connectivity index (χ1v) is 6.73. The lowest BCUT2D eigenvalue weighted by atomic mass is 9.89. The molecule has 5 heteroatoms. The topological polar surface area (TPSA) is 72.9 Å². The Labute approximate surface area is 108 Å². The normalized spacial score (nSPS) is 24.1. The number of piperidine rings is 1. The number of rotatable bonds is 5. The number of aromatic nitrogens is 2. The van der Waals surface area contributed by atoms with Crippen LogP contribution < -0.4 is 11.1 Å². The Hall–Kier alpha value is -1.36. The van der Waals surface area contributed by atoms with Crippen molar-refractivity contribution < 1.29 is 4.79 Å². The molecule has 1 fully saturated rings. The second kappa shape index (κ2) is 6.00. The van der Waals surface area contributed by atoms with E-state index in [-0.39, 0.29) is 11.9 Å². The first kappa shape index (κ1) is 13.1. The maximum atomic E-state index is 11.2. The monoisotopic (exact) mass is 250 g/mol. The third-order valence-corrected chi connectivity index (χ3v) is 3.59. The molecule has 0 bridgehead atoms. The van der Waals surface area contributed by atoms with Crippen molar-refractivity contribution in [1.29, 1.82) is 0 Å². The van der Waals surface area contributed by atoms with Crippen molar-refractivity contribution in [2.75, 3.05) is 6.54 Å². The minimum absolute atomic E-state index is 0.168. The predicted molar refractivity (Wildman–Crippen MR) is 69.9 cm³/mol. The molecular weight excluding hydrogens is 228 g/mol. The van der Waals surface area contributed by atoms with Crippen LogP contribution in [0.1, 0.15) is 32.0 Å². The van der Waals surface area contributed by atoms with E-state index in [0.717, 1.165) is 44.6 Å². The average molecular weight is 250 g/mol. The zero-order chi connectivity index (χ0) is 13.0. The first-order valence-electron chi connectivity index (χ1n) is 6.73. The second-order valence-corrected chi connectivity index (χ2v) is 5.04. The molecule has 2 atom stereocenters. The van der Waals surface area contributed by atoms with E-state index in [1.54, 1.807) is 0 Å². The molecular formula is C13H22N4O. The van der Waals surface area contributed by atoms with Crippen LogP contribution in [0.15, 0.2) is 12.4 Å². The van der Waals surface area contributed by atoms with Crippen molar-refractivity contribution in [3.63, 3.8) is 0 Å². The maximum absolute atomic E-state index is 11.2. The lowest BCUT2D eigenvalue weighted by Gasteiger charge is -2.28. The van der Waals surface area contributed by atoms with Gasteiger partial charge in [-0.15, -0.1) is 0 Å². The Balaban J connectivity index is 1.96. The van der Waals surface area contributed by atoms with E-state index in [4.69, 9.17) is 5.73 Å². The van der Waals surface area contributed by atoms with E-state index in [2.05, 4.69) is 21.8 Å². The van der Waals surface area contributed by atoms with E-state index in [1.807, 2.05) is 12.4 Å². The zero-order valence-corrected chi connectivity index (χ0v) is 10.9. The summed E-state index contributed by atoms with van der Waals surface area (Å²) >= 11 is 0. The molecule has 0 radical (unpaired) electrons. The molecule has 5 nitrogen and oxygen atoms in total. The summed E-state index contributed by atoms with van der Waals surface area (Å²) in [7, 11) is 0. The highest BCUT2D eigenvalue weighted by Crippen LogP contribution is 2.20. The van der Waals surface area contributed by atoms with Gasteiger partial charge >= 0.3 is 0 Å². The van der Waals surface area contributed by atoms with Crippen molar-refractivity contribution in [3.05, 3.63) is 18.2 Å². The molecule has 3 N–H and O–H groups in total. The number of aryl methyl sites for hydroxylation is 1. The van der Waals surface area contributed by atoms with Gasteiger partial charge in [0.2, 0.25) is 5.91 Å². The van der Waals surface area contributed by atoms with Gasteiger partial charge in [0.25, 0.3) is 0 Å². The molecule has 0 aliphatic carbocycles. The van der Waals surface area contributed by atoms with Crippen LogP contribution in [-0.4, -0.2) is 28.0 Å². The number of primary amides is 1. The van der Waals surface area contributed by atoms with Gasteiger partial charge in [-0.2, -0.15) is 0 Å². The Kier molecular flexibility index (Phi) is 4.36. The average Bonchev–Trinajstić information content (AvgIpc) is 2.77. The van der Waals surface area contributed by atoms with Crippen molar-refractivity contribution in [1.82, 2.24) is 14.9 Å². The standard InChI is InChI=1S/C13H22N4O/c1-2-6-17-7-5-16-12(17)9-10-3-4-15-11(8-10)13(14)18/h5,7,10-11,15H,2-4,6,8-9H2,1H3,(H2,14,18). The smallest absolute Gasteiger partial charge is 0.234 e. The molecule has 0 saturated carbocycles. The predicted octanol–water partition coefficient (Wildman–Crippen LogP) is 0.689. The van der Waals surface area contributed by atoms with Gasteiger partial charge in [-0.05, 0) is 31.7 Å². The van der Waals surface area contributed by atoms with Crippen molar-refractivity contribution in [2.24, 2.45) is 11.7 Å². The van der Waals surface area contributed by atoms with Gasteiger partial charge in [0.15, 0.2) is 0 Å². The number of nitrogens with zero attached hydrogens (tertiary/aromatic N) is 2. The van der Waals surface area contributed by atoms with Gasteiger partial charge in [0.05, 0.1) is 6.04 Å². The summed E-state index contributed by atoms with van der Waals surface area (Å²) in [4.78, 5) is 15.6. The highest BCUT2D eigenvalue weighted by atomic mass is 16.1. The molecule has 1 aromatic rings. The Bertz CT molecular complexity index is 401.